The number of carbonyl (C=O) groups is 4. The Labute approximate surface area is 189 Å². The van der Waals surface area contributed by atoms with Crippen molar-refractivity contribution >= 4 is 23.6 Å². The van der Waals surface area contributed by atoms with Crippen LogP contribution in [0.15, 0.2) is 36.4 Å². The van der Waals surface area contributed by atoms with Crippen LogP contribution in [0.3, 0.4) is 0 Å². The average Bonchev–Trinajstić information content (AvgIpc) is 3.00. The van der Waals surface area contributed by atoms with Crippen molar-refractivity contribution in [1.82, 2.24) is 15.1 Å². The standard InChI is InChI=1S/C25H33N3O4/c1-16(2)26-23(30)18(4)28(15-19-10-6-5-9-17(19)3)22(29)13-14-27-24(31)20-11-7-8-12-21(20)25(27)32/h5-10,16,18,20-21H,11-15H2,1-4H3,(H,26,30)/t18?,20-,21+. The fourth-order valence-corrected chi connectivity index (χ4v) is 4.40. The first-order valence-electron chi connectivity index (χ1n) is 11.3. The molecule has 1 N–H and O–H groups in total. The molecule has 1 unspecified atom stereocenters. The zero-order valence-electron chi connectivity index (χ0n) is 19.3. The number of allylic oxidation sites excluding steroid dienone is 2. The molecular formula is C25H33N3O4. The van der Waals surface area contributed by atoms with E-state index in [9.17, 15) is 19.2 Å². The summed E-state index contributed by atoms with van der Waals surface area (Å²) in [4.78, 5) is 54.1. The van der Waals surface area contributed by atoms with Crippen LogP contribution in [0.4, 0.5) is 0 Å². The predicted molar refractivity (Wildman–Crippen MR) is 121 cm³/mol. The molecule has 0 saturated carbocycles. The second kappa shape index (κ2) is 10.1. The molecule has 1 aliphatic heterocycles. The van der Waals surface area contributed by atoms with Crippen molar-refractivity contribution in [2.24, 2.45) is 11.8 Å². The fraction of sp³-hybridized carbons (Fsp3) is 0.520. The summed E-state index contributed by atoms with van der Waals surface area (Å²) in [7, 11) is 0. The van der Waals surface area contributed by atoms with E-state index in [0.29, 0.717) is 12.8 Å². The molecule has 2 aliphatic rings. The molecule has 1 aromatic rings. The van der Waals surface area contributed by atoms with Gasteiger partial charge in [-0.2, -0.15) is 0 Å². The first kappa shape index (κ1) is 23.7. The molecule has 0 bridgehead atoms. The number of likely N-dealkylation sites (tertiary alicyclic amines) is 1. The van der Waals surface area contributed by atoms with Gasteiger partial charge in [-0.25, -0.2) is 0 Å². The highest BCUT2D eigenvalue weighted by molar-refractivity contribution is 6.05. The number of rotatable bonds is 8. The highest BCUT2D eigenvalue weighted by atomic mass is 16.2. The number of fused-ring (bicyclic) bond motifs is 1. The zero-order valence-corrected chi connectivity index (χ0v) is 19.3. The minimum absolute atomic E-state index is 0.00444. The summed E-state index contributed by atoms with van der Waals surface area (Å²) in [5, 5.41) is 2.86. The maximum atomic E-state index is 13.3. The van der Waals surface area contributed by atoms with Crippen molar-refractivity contribution in [2.45, 2.75) is 65.6 Å². The van der Waals surface area contributed by atoms with Crippen molar-refractivity contribution in [3.8, 4) is 0 Å². The van der Waals surface area contributed by atoms with Crippen LogP contribution < -0.4 is 5.32 Å². The summed E-state index contributed by atoms with van der Waals surface area (Å²) in [6.45, 7) is 7.75. The molecule has 0 spiro atoms. The van der Waals surface area contributed by atoms with Gasteiger partial charge in [0.1, 0.15) is 6.04 Å². The lowest BCUT2D eigenvalue weighted by molar-refractivity contribution is -0.143. The zero-order chi connectivity index (χ0) is 23.4. The number of amides is 4. The van der Waals surface area contributed by atoms with E-state index >= 15 is 0 Å². The van der Waals surface area contributed by atoms with Gasteiger partial charge in [0.25, 0.3) is 0 Å². The Morgan fingerprint density at radius 1 is 1.06 bits per heavy atom. The van der Waals surface area contributed by atoms with Crippen LogP contribution in [-0.4, -0.2) is 52.1 Å². The fourth-order valence-electron chi connectivity index (χ4n) is 4.40. The summed E-state index contributed by atoms with van der Waals surface area (Å²) >= 11 is 0. The van der Waals surface area contributed by atoms with Crippen LogP contribution in [0.1, 0.15) is 51.2 Å². The monoisotopic (exact) mass is 439 g/mol. The van der Waals surface area contributed by atoms with Crippen LogP contribution in [0.5, 0.6) is 0 Å². The SMILES string of the molecule is Cc1ccccc1CN(C(=O)CCN1C(=O)[C@H]2CC=CC[C@H]2C1=O)C(C)C(=O)NC(C)C. The number of nitrogens with one attached hydrogen (secondary N) is 1. The second-order valence-corrected chi connectivity index (χ2v) is 9.02. The molecule has 0 radical (unpaired) electrons. The second-order valence-electron chi connectivity index (χ2n) is 9.02. The Kier molecular flexibility index (Phi) is 7.48. The third-order valence-corrected chi connectivity index (χ3v) is 6.35. The van der Waals surface area contributed by atoms with Crippen molar-refractivity contribution in [1.29, 1.82) is 0 Å². The van der Waals surface area contributed by atoms with Crippen LogP contribution in [0, 0.1) is 18.8 Å². The Bertz CT molecular complexity index is 898. The number of nitrogens with zero attached hydrogens (tertiary/aromatic N) is 2. The van der Waals surface area contributed by atoms with Gasteiger partial charge in [0, 0.05) is 25.6 Å². The minimum Gasteiger partial charge on any atom is -0.352 e. The summed E-state index contributed by atoms with van der Waals surface area (Å²) in [6, 6.07) is 7.01. The molecule has 1 saturated heterocycles. The molecule has 32 heavy (non-hydrogen) atoms. The quantitative estimate of drug-likeness (QED) is 0.498. The average molecular weight is 440 g/mol. The van der Waals surface area contributed by atoms with Gasteiger partial charge in [0.15, 0.2) is 0 Å². The van der Waals surface area contributed by atoms with E-state index in [4.69, 9.17) is 0 Å². The van der Waals surface area contributed by atoms with Crippen LogP contribution in [0.25, 0.3) is 0 Å². The van der Waals surface area contributed by atoms with E-state index in [0.717, 1.165) is 11.1 Å². The summed E-state index contributed by atoms with van der Waals surface area (Å²) < 4.78 is 0. The van der Waals surface area contributed by atoms with Gasteiger partial charge in [-0.1, -0.05) is 36.4 Å². The van der Waals surface area contributed by atoms with E-state index in [1.165, 1.54) is 4.90 Å². The van der Waals surface area contributed by atoms with Crippen LogP contribution in [0.2, 0.25) is 0 Å². The smallest absolute Gasteiger partial charge is 0.242 e. The van der Waals surface area contributed by atoms with Crippen molar-refractivity contribution in [2.75, 3.05) is 6.54 Å². The molecule has 0 aromatic heterocycles. The van der Waals surface area contributed by atoms with Gasteiger partial charge >= 0.3 is 0 Å². The predicted octanol–water partition coefficient (Wildman–Crippen LogP) is 2.58. The molecule has 4 amide bonds. The normalized spacial score (nSPS) is 21.0. The largest absolute Gasteiger partial charge is 0.352 e. The van der Waals surface area contributed by atoms with E-state index in [1.54, 1.807) is 11.8 Å². The van der Waals surface area contributed by atoms with Crippen LogP contribution >= 0.6 is 0 Å². The van der Waals surface area contributed by atoms with E-state index in [-0.39, 0.29) is 61.0 Å². The number of benzene rings is 1. The number of imide groups is 1. The Morgan fingerprint density at radius 3 is 2.22 bits per heavy atom. The van der Waals surface area contributed by atoms with E-state index in [2.05, 4.69) is 5.32 Å². The lowest BCUT2D eigenvalue weighted by Crippen LogP contribution is -2.49. The molecule has 172 valence electrons. The van der Waals surface area contributed by atoms with Gasteiger partial charge in [0.05, 0.1) is 11.8 Å². The highest BCUT2D eigenvalue weighted by Crippen LogP contribution is 2.35. The number of aryl methyl sites for hydroxylation is 1. The summed E-state index contributed by atoms with van der Waals surface area (Å²) in [6.07, 6.45) is 5.03. The van der Waals surface area contributed by atoms with Crippen molar-refractivity contribution in [3.63, 3.8) is 0 Å². The van der Waals surface area contributed by atoms with E-state index < -0.39 is 6.04 Å². The Hall–Kier alpha value is -2.96. The first-order chi connectivity index (χ1) is 15.2. The lowest BCUT2D eigenvalue weighted by Gasteiger charge is -2.30. The molecule has 7 nitrogen and oxygen atoms in total. The van der Waals surface area contributed by atoms with Gasteiger partial charge in [0.2, 0.25) is 23.6 Å². The topological polar surface area (TPSA) is 86.8 Å². The summed E-state index contributed by atoms with van der Waals surface area (Å²) in [5.74, 6) is -1.47. The Balaban J connectivity index is 1.73. The first-order valence-corrected chi connectivity index (χ1v) is 11.3. The number of hydrogen-bond donors (Lipinski definition) is 1. The highest BCUT2D eigenvalue weighted by Gasteiger charge is 2.47. The number of hydrogen-bond acceptors (Lipinski definition) is 4. The third-order valence-electron chi connectivity index (χ3n) is 6.35. The number of carbonyl (C=O) groups excluding carboxylic acids is 4. The molecule has 1 aliphatic carbocycles. The maximum Gasteiger partial charge on any atom is 0.242 e. The third kappa shape index (κ3) is 5.09. The maximum absolute atomic E-state index is 13.3. The minimum atomic E-state index is -0.679. The van der Waals surface area contributed by atoms with Crippen LogP contribution in [-0.2, 0) is 25.7 Å². The van der Waals surface area contributed by atoms with Crippen molar-refractivity contribution in [3.05, 3.63) is 47.5 Å². The van der Waals surface area contributed by atoms with Gasteiger partial charge < -0.3 is 10.2 Å². The molecular weight excluding hydrogens is 406 g/mol. The molecule has 1 aromatic carbocycles. The molecule has 1 fully saturated rings. The molecule has 1 heterocycles. The van der Waals surface area contributed by atoms with Gasteiger partial charge in [-0.3, -0.25) is 24.1 Å². The summed E-state index contributed by atoms with van der Waals surface area (Å²) in [5.41, 5.74) is 1.98. The van der Waals surface area contributed by atoms with Gasteiger partial charge in [-0.05, 0) is 51.7 Å². The molecule has 7 heteroatoms. The van der Waals surface area contributed by atoms with E-state index in [1.807, 2.05) is 57.2 Å². The molecule has 3 rings (SSSR count). The molecule has 3 atom stereocenters. The lowest BCUT2D eigenvalue weighted by atomic mass is 9.85. The Morgan fingerprint density at radius 2 is 1.66 bits per heavy atom. The van der Waals surface area contributed by atoms with Crippen molar-refractivity contribution < 1.29 is 19.2 Å². The van der Waals surface area contributed by atoms with Gasteiger partial charge in [-0.15, -0.1) is 0 Å².